The Labute approximate surface area is 370 Å². The summed E-state index contributed by atoms with van der Waals surface area (Å²) in [6.07, 6.45) is 10.2. The van der Waals surface area contributed by atoms with Gasteiger partial charge in [0, 0.05) is 37.4 Å². The van der Waals surface area contributed by atoms with E-state index in [9.17, 15) is 0 Å². The predicted octanol–water partition coefficient (Wildman–Crippen LogP) is 13.2. The molecule has 8 heteroatoms. The molecule has 5 aromatic heterocycles. The summed E-state index contributed by atoms with van der Waals surface area (Å²) in [7, 11) is 0. The number of aryl methyl sites for hydroxylation is 1. The van der Waals surface area contributed by atoms with Crippen LogP contribution in [0.4, 0.5) is 0 Å². The summed E-state index contributed by atoms with van der Waals surface area (Å²) in [4.78, 5) is 18.9. The van der Waals surface area contributed by atoms with Crippen molar-refractivity contribution in [2.75, 3.05) is 0 Å². The molecular weight excluding hydrogens is 975 g/mol. The Hall–Kier alpha value is -4.95. The third kappa shape index (κ3) is 8.37. The van der Waals surface area contributed by atoms with Gasteiger partial charge in [-0.1, -0.05) is 69.7 Å². The minimum Gasteiger partial charge on any atom is -0.483 e. The van der Waals surface area contributed by atoms with Gasteiger partial charge in [0.25, 0.3) is 0 Å². The molecule has 0 fully saturated rings. The molecule has 0 aliphatic heterocycles. The van der Waals surface area contributed by atoms with Crippen molar-refractivity contribution in [3.63, 3.8) is 0 Å². The Morgan fingerprint density at radius 1 is 0.800 bits per heavy atom. The molecule has 1 radical (unpaired) electrons. The second-order valence-corrected chi connectivity index (χ2v) is 28.4. The van der Waals surface area contributed by atoms with Crippen LogP contribution in [0.2, 0.25) is 17.3 Å². The Morgan fingerprint density at radius 2 is 1.58 bits per heavy atom. The molecule has 0 saturated heterocycles. The number of pyridine rings is 3. The van der Waals surface area contributed by atoms with Crippen LogP contribution in [0.3, 0.4) is 0 Å². The topological polar surface area (TPSA) is 69.6 Å². The van der Waals surface area contributed by atoms with Gasteiger partial charge < -0.3 is 14.0 Å². The van der Waals surface area contributed by atoms with Crippen LogP contribution >= 0.6 is 0 Å². The van der Waals surface area contributed by atoms with Gasteiger partial charge in [-0.3, -0.25) is 9.97 Å². The van der Waals surface area contributed by atoms with E-state index < -0.39 is 13.3 Å². The van der Waals surface area contributed by atoms with Crippen molar-refractivity contribution in [2.24, 2.45) is 5.92 Å². The summed E-state index contributed by atoms with van der Waals surface area (Å²) in [5.41, 5.74) is 12.7. The van der Waals surface area contributed by atoms with Gasteiger partial charge >= 0.3 is 126 Å². The SMILES string of the molecule is CC(C)Cc1cc(-c2[c-]cccc2)nc[c]1[Ge]([CH3])([CH3])[CH3].Cc1cccc2oc3n[c-]c(-c4nc5cnccc5n4-c4c(C(C)C)cc5ccccc5c4C(C)C)cc3c12.[Ir]. The zero-order valence-corrected chi connectivity index (χ0v) is 40.8. The van der Waals surface area contributed by atoms with Crippen molar-refractivity contribution in [3.8, 4) is 28.3 Å². The summed E-state index contributed by atoms with van der Waals surface area (Å²) in [6.45, 7) is 15.7. The van der Waals surface area contributed by atoms with Gasteiger partial charge in [-0.2, -0.15) is 0 Å². The fourth-order valence-corrected chi connectivity index (χ4v) is 11.8. The molecule has 0 aliphatic carbocycles. The molecule has 0 atom stereocenters. The molecule has 9 rings (SSSR count). The summed E-state index contributed by atoms with van der Waals surface area (Å²) in [6, 6.07) is 35.0. The Morgan fingerprint density at radius 3 is 2.30 bits per heavy atom. The van der Waals surface area contributed by atoms with Crippen molar-refractivity contribution >= 4 is 61.5 Å². The van der Waals surface area contributed by atoms with Crippen LogP contribution in [0.1, 0.15) is 75.6 Å². The predicted molar refractivity (Wildman–Crippen MR) is 249 cm³/mol. The molecule has 6 nitrogen and oxygen atoms in total. The maximum absolute atomic E-state index is 6.07. The van der Waals surface area contributed by atoms with Gasteiger partial charge in [-0.15, -0.1) is 6.07 Å². The Kier molecular flexibility index (Phi) is 12.6. The first-order chi connectivity index (χ1) is 28.3. The molecule has 0 N–H and O–H groups in total. The normalized spacial score (nSPS) is 11.9. The first-order valence-electron chi connectivity index (χ1n) is 20.9. The zero-order chi connectivity index (χ0) is 41.6. The molecule has 0 spiro atoms. The molecule has 0 unspecified atom stereocenters. The molecular formula is C52H53GeIrN5O-2. The molecule has 0 amide bonds. The van der Waals surface area contributed by atoms with Gasteiger partial charge in [-0.25, -0.2) is 0 Å². The standard InChI is InChI=1S/C34H29N4O.C18H24GeN.Ir/c1-19(2)25-15-22-10-6-7-11-24(22)30(20(3)4)32(25)38-28-13-14-35-18-27(28)37-33(38)23-16-26-31-21(5)9-8-12-29(31)39-34(26)36-17-23;1-14(2)11-16-12-18(15-9-7-6-8-10-15)20-13-17(16)19(3,4)5;/h6-16,18-20H,1-5H3;6-9,12-14H,11H2,1-5H3;/q2*-1;. The first-order valence-corrected chi connectivity index (χ1v) is 28.2. The van der Waals surface area contributed by atoms with Crippen LogP contribution in [-0.2, 0) is 26.5 Å². The summed E-state index contributed by atoms with van der Waals surface area (Å²) >= 11 is -1.86. The van der Waals surface area contributed by atoms with Gasteiger partial charge in [0.15, 0.2) is 0 Å². The van der Waals surface area contributed by atoms with E-state index in [0.29, 0.717) is 23.5 Å². The van der Waals surface area contributed by atoms with E-state index in [2.05, 4.69) is 159 Å². The van der Waals surface area contributed by atoms with Crippen LogP contribution in [0.15, 0.2) is 114 Å². The number of imidazole rings is 1. The number of fused-ring (bicyclic) bond motifs is 5. The summed E-state index contributed by atoms with van der Waals surface area (Å²) in [5.74, 6) is 9.39. The van der Waals surface area contributed by atoms with Crippen molar-refractivity contribution < 1.29 is 24.5 Å². The molecule has 60 heavy (non-hydrogen) atoms. The Balaban J connectivity index is 0.000000220. The molecule has 4 aromatic carbocycles. The molecule has 307 valence electrons. The molecule has 0 saturated carbocycles. The van der Waals surface area contributed by atoms with Crippen molar-refractivity contribution in [1.29, 1.82) is 0 Å². The first kappa shape index (κ1) is 43.2. The molecule has 5 heterocycles. The van der Waals surface area contributed by atoms with Gasteiger partial charge in [0.05, 0.1) is 23.1 Å². The minimum absolute atomic E-state index is 0. The molecule has 0 aliphatic rings. The maximum atomic E-state index is 6.07. The number of benzene rings is 4. The van der Waals surface area contributed by atoms with Crippen LogP contribution in [0, 0.1) is 25.1 Å². The number of aromatic nitrogens is 5. The van der Waals surface area contributed by atoms with E-state index in [1.165, 1.54) is 33.2 Å². The van der Waals surface area contributed by atoms with Gasteiger partial charge in [0.2, 0.25) is 0 Å². The van der Waals surface area contributed by atoms with E-state index in [-0.39, 0.29) is 20.1 Å². The maximum Gasteiger partial charge on any atom is 0.141 e. The fraction of sp³-hybridized carbons (Fsp3) is 0.269. The smallest absolute Gasteiger partial charge is 0.141 e. The van der Waals surface area contributed by atoms with E-state index >= 15 is 0 Å². The average Bonchev–Trinajstić information content (AvgIpc) is 3.79. The van der Waals surface area contributed by atoms with Crippen LogP contribution in [0.5, 0.6) is 0 Å². The summed E-state index contributed by atoms with van der Waals surface area (Å²) < 4.78 is 9.92. The number of nitrogens with zero attached hydrogens (tertiary/aromatic N) is 5. The molecule has 0 bridgehead atoms. The minimum atomic E-state index is -1.86. The summed E-state index contributed by atoms with van der Waals surface area (Å²) in [5, 5.41) is 4.58. The van der Waals surface area contributed by atoms with E-state index in [1.54, 1.807) is 4.40 Å². The quantitative estimate of drug-likeness (QED) is 0.112. The van der Waals surface area contributed by atoms with Crippen LogP contribution in [0.25, 0.3) is 72.2 Å². The average molecular weight is 1030 g/mol. The zero-order valence-electron chi connectivity index (χ0n) is 36.3. The van der Waals surface area contributed by atoms with Crippen molar-refractivity contribution in [1.82, 2.24) is 24.5 Å². The van der Waals surface area contributed by atoms with Crippen molar-refractivity contribution in [3.05, 3.63) is 144 Å². The van der Waals surface area contributed by atoms with Crippen molar-refractivity contribution in [2.45, 2.75) is 84.0 Å². The van der Waals surface area contributed by atoms with Crippen LogP contribution in [-0.4, -0.2) is 37.8 Å². The largest absolute Gasteiger partial charge is 0.483 e. The molecule has 9 aromatic rings. The monoisotopic (exact) mass is 1030 g/mol. The third-order valence-electron chi connectivity index (χ3n) is 11.1. The number of rotatable bonds is 8. The second kappa shape index (κ2) is 17.6. The van der Waals surface area contributed by atoms with E-state index in [4.69, 9.17) is 14.4 Å². The number of hydrogen-bond donors (Lipinski definition) is 0. The Bertz CT molecular complexity index is 2960. The second-order valence-electron chi connectivity index (χ2n) is 17.8. The van der Waals surface area contributed by atoms with Gasteiger partial charge in [0.1, 0.15) is 11.3 Å². The number of furan rings is 1. The third-order valence-corrected chi connectivity index (χ3v) is 15.5. The van der Waals surface area contributed by atoms with Crippen LogP contribution < -0.4 is 4.40 Å². The number of hydrogen-bond acceptors (Lipinski definition) is 5. The van der Waals surface area contributed by atoms with Gasteiger partial charge in [-0.05, 0) is 76.0 Å². The fourth-order valence-electron chi connectivity index (χ4n) is 8.44. The van der Waals surface area contributed by atoms with E-state index in [0.717, 1.165) is 62.0 Å². The van der Waals surface area contributed by atoms with E-state index in [1.807, 2.05) is 42.7 Å².